The van der Waals surface area contributed by atoms with E-state index in [1.807, 2.05) is 13.0 Å². The summed E-state index contributed by atoms with van der Waals surface area (Å²) in [6.07, 6.45) is 5.01. The lowest BCUT2D eigenvalue weighted by molar-refractivity contribution is 0.581. The second kappa shape index (κ2) is 5.87. The Labute approximate surface area is 112 Å². The molecule has 0 bridgehead atoms. The molecule has 1 atom stereocenters. The minimum atomic E-state index is 0.360. The van der Waals surface area contributed by atoms with Crippen molar-refractivity contribution in [3.05, 3.63) is 46.9 Å². The lowest BCUT2D eigenvalue weighted by Gasteiger charge is -2.18. The molecule has 0 aliphatic carbocycles. The molecular formula is C14H19N3S. The summed E-state index contributed by atoms with van der Waals surface area (Å²) >= 11 is 1.80. The first-order chi connectivity index (χ1) is 8.76. The van der Waals surface area contributed by atoms with Crippen LogP contribution in [0.1, 0.15) is 30.0 Å². The van der Waals surface area contributed by atoms with E-state index >= 15 is 0 Å². The summed E-state index contributed by atoms with van der Waals surface area (Å²) in [7, 11) is 0. The monoisotopic (exact) mass is 261 g/mol. The van der Waals surface area contributed by atoms with Crippen LogP contribution in [0.15, 0.2) is 36.4 Å². The first-order valence-corrected chi connectivity index (χ1v) is 7.07. The van der Waals surface area contributed by atoms with Crippen molar-refractivity contribution in [1.82, 2.24) is 9.55 Å². The first kappa shape index (κ1) is 12.9. The van der Waals surface area contributed by atoms with Gasteiger partial charge in [0.25, 0.3) is 0 Å². The summed E-state index contributed by atoms with van der Waals surface area (Å²) in [4.78, 5) is 5.91. The van der Waals surface area contributed by atoms with E-state index in [0.717, 1.165) is 24.6 Å². The minimum Gasteiger partial charge on any atom is -0.352 e. The molecule has 1 N–H and O–H groups in total. The fourth-order valence-corrected chi connectivity index (χ4v) is 2.97. The number of aromatic nitrogens is 2. The van der Waals surface area contributed by atoms with Gasteiger partial charge in [0.05, 0.1) is 11.7 Å². The molecule has 0 aliphatic rings. The molecule has 2 rings (SSSR count). The topological polar surface area (TPSA) is 29.9 Å². The maximum atomic E-state index is 4.54. The normalized spacial score (nSPS) is 12.3. The van der Waals surface area contributed by atoms with Gasteiger partial charge in [0.1, 0.15) is 0 Å². The van der Waals surface area contributed by atoms with Crippen LogP contribution in [0.3, 0.4) is 0 Å². The smallest absolute Gasteiger partial charge is 0.203 e. The van der Waals surface area contributed by atoms with Crippen molar-refractivity contribution in [1.29, 1.82) is 0 Å². The number of nitrogens with one attached hydrogen (secondary N) is 1. The highest BCUT2D eigenvalue weighted by molar-refractivity contribution is 7.10. The van der Waals surface area contributed by atoms with Gasteiger partial charge in [-0.2, -0.15) is 0 Å². The Morgan fingerprint density at radius 1 is 1.61 bits per heavy atom. The lowest BCUT2D eigenvalue weighted by Crippen LogP contribution is -2.12. The zero-order valence-electron chi connectivity index (χ0n) is 10.9. The van der Waals surface area contributed by atoms with Gasteiger partial charge in [-0.1, -0.05) is 19.1 Å². The molecule has 2 aromatic rings. The number of imidazole rings is 1. The highest BCUT2D eigenvalue weighted by Gasteiger charge is 2.16. The third kappa shape index (κ3) is 2.64. The second-order valence-electron chi connectivity index (χ2n) is 4.22. The number of hydrogen-bond acceptors (Lipinski definition) is 3. The molecule has 3 nitrogen and oxygen atoms in total. The van der Waals surface area contributed by atoms with Crippen LogP contribution < -0.4 is 5.32 Å². The summed E-state index contributed by atoms with van der Waals surface area (Å²) < 4.78 is 2.23. The summed E-state index contributed by atoms with van der Waals surface area (Å²) in [6.45, 7) is 8.69. The second-order valence-corrected chi connectivity index (χ2v) is 5.20. The van der Waals surface area contributed by atoms with Crippen LogP contribution in [0.4, 0.5) is 5.95 Å². The molecular weight excluding hydrogens is 242 g/mol. The fourth-order valence-electron chi connectivity index (χ4n) is 2.06. The summed E-state index contributed by atoms with van der Waals surface area (Å²) in [5.74, 6) is 0.924. The van der Waals surface area contributed by atoms with Crippen LogP contribution in [0, 0.1) is 6.92 Å². The van der Waals surface area contributed by atoms with Gasteiger partial charge in [0.2, 0.25) is 5.95 Å². The lowest BCUT2D eigenvalue weighted by atomic mass is 10.2. The zero-order valence-corrected chi connectivity index (χ0v) is 11.7. The third-order valence-corrected chi connectivity index (χ3v) is 3.82. The Hall–Kier alpha value is -1.55. The van der Waals surface area contributed by atoms with Crippen molar-refractivity contribution >= 4 is 17.3 Å². The van der Waals surface area contributed by atoms with E-state index in [4.69, 9.17) is 0 Å². The van der Waals surface area contributed by atoms with Crippen molar-refractivity contribution in [2.45, 2.75) is 26.3 Å². The van der Waals surface area contributed by atoms with E-state index in [0.29, 0.717) is 6.04 Å². The van der Waals surface area contributed by atoms with Crippen LogP contribution in [0.2, 0.25) is 0 Å². The predicted molar refractivity (Wildman–Crippen MR) is 78.4 cm³/mol. The van der Waals surface area contributed by atoms with E-state index in [9.17, 15) is 0 Å². The zero-order chi connectivity index (χ0) is 13.0. The quantitative estimate of drug-likeness (QED) is 0.800. The molecule has 0 saturated heterocycles. The van der Waals surface area contributed by atoms with Crippen molar-refractivity contribution in [3.8, 4) is 0 Å². The molecule has 0 aliphatic heterocycles. The highest BCUT2D eigenvalue weighted by atomic mass is 32.1. The number of nitrogens with zero attached hydrogens (tertiary/aromatic N) is 2. The Morgan fingerprint density at radius 3 is 3.06 bits per heavy atom. The molecule has 0 radical (unpaired) electrons. The SMILES string of the molecule is C=CCNc1nc(C)cn1C(CC)c1cccs1. The number of thiophene rings is 1. The molecule has 2 heterocycles. The summed E-state index contributed by atoms with van der Waals surface area (Å²) in [6, 6.07) is 4.65. The summed E-state index contributed by atoms with van der Waals surface area (Å²) in [5.41, 5.74) is 1.04. The van der Waals surface area contributed by atoms with Crippen LogP contribution in [-0.4, -0.2) is 16.1 Å². The Morgan fingerprint density at radius 2 is 2.44 bits per heavy atom. The Balaban J connectivity index is 2.32. The molecule has 0 aromatic carbocycles. The van der Waals surface area contributed by atoms with Gasteiger partial charge in [0, 0.05) is 17.6 Å². The van der Waals surface area contributed by atoms with Gasteiger partial charge < -0.3 is 9.88 Å². The maximum absolute atomic E-state index is 4.54. The van der Waals surface area contributed by atoms with Crippen molar-refractivity contribution in [2.24, 2.45) is 0 Å². The van der Waals surface area contributed by atoms with Gasteiger partial charge in [0.15, 0.2) is 0 Å². The maximum Gasteiger partial charge on any atom is 0.203 e. The van der Waals surface area contributed by atoms with Crippen molar-refractivity contribution in [2.75, 3.05) is 11.9 Å². The van der Waals surface area contributed by atoms with Crippen LogP contribution in [-0.2, 0) is 0 Å². The van der Waals surface area contributed by atoms with Crippen LogP contribution in [0.25, 0.3) is 0 Å². The average molecular weight is 261 g/mol. The fraction of sp³-hybridized carbons (Fsp3) is 0.357. The molecule has 0 amide bonds. The number of aryl methyl sites for hydroxylation is 1. The van der Waals surface area contributed by atoms with Gasteiger partial charge in [-0.3, -0.25) is 0 Å². The van der Waals surface area contributed by atoms with E-state index < -0.39 is 0 Å². The third-order valence-electron chi connectivity index (χ3n) is 2.85. The Bertz CT molecular complexity index is 499. The van der Waals surface area contributed by atoms with Crippen LogP contribution >= 0.6 is 11.3 Å². The van der Waals surface area contributed by atoms with Gasteiger partial charge in [-0.15, -0.1) is 17.9 Å². The number of hydrogen-bond donors (Lipinski definition) is 1. The van der Waals surface area contributed by atoms with E-state index in [1.54, 1.807) is 11.3 Å². The van der Waals surface area contributed by atoms with Crippen molar-refractivity contribution in [3.63, 3.8) is 0 Å². The summed E-state index contributed by atoms with van der Waals surface area (Å²) in [5, 5.41) is 5.42. The Kier molecular flexibility index (Phi) is 4.20. The van der Waals surface area contributed by atoms with Crippen molar-refractivity contribution < 1.29 is 0 Å². The molecule has 4 heteroatoms. The predicted octanol–water partition coefficient (Wildman–Crippen LogP) is 3.85. The largest absolute Gasteiger partial charge is 0.352 e. The number of rotatable bonds is 6. The molecule has 2 aromatic heterocycles. The molecule has 0 fully saturated rings. The molecule has 96 valence electrons. The van der Waals surface area contributed by atoms with Gasteiger partial charge >= 0.3 is 0 Å². The standard InChI is InChI=1S/C14H19N3S/c1-4-8-15-14-16-11(3)10-17(14)12(5-2)13-7-6-9-18-13/h4,6-7,9-10,12H,1,5,8H2,2-3H3,(H,15,16). The van der Waals surface area contributed by atoms with Gasteiger partial charge in [-0.05, 0) is 24.8 Å². The minimum absolute atomic E-state index is 0.360. The molecule has 1 unspecified atom stereocenters. The van der Waals surface area contributed by atoms with E-state index in [-0.39, 0.29) is 0 Å². The van der Waals surface area contributed by atoms with E-state index in [2.05, 4.69) is 52.1 Å². The molecule has 0 saturated carbocycles. The van der Waals surface area contributed by atoms with Crippen LogP contribution in [0.5, 0.6) is 0 Å². The van der Waals surface area contributed by atoms with Gasteiger partial charge in [-0.25, -0.2) is 4.98 Å². The highest BCUT2D eigenvalue weighted by Crippen LogP contribution is 2.29. The first-order valence-electron chi connectivity index (χ1n) is 6.20. The van der Waals surface area contributed by atoms with E-state index in [1.165, 1.54) is 4.88 Å². The molecule has 18 heavy (non-hydrogen) atoms. The average Bonchev–Trinajstić information content (AvgIpc) is 2.98. The number of anilines is 1. The molecule has 0 spiro atoms.